The van der Waals surface area contributed by atoms with Gasteiger partial charge in [-0.25, -0.2) is 0 Å². The van der Waals surface area contributed by atoms with Crippen molar-refractivity contribution in [2.45, 2.75) is 44.9 Å². The summed E-state index contributed by atoms with van der Waals surface area (Å²) in [4.78, 5) is 12.0. The Labute approximate surface area is 119 Å². The zero-order chi connectivity index (χ0) is 13.7. The third kappa shape index (κ3) is 4.43. The smallest absolute Gasteiger partial charge is 0.224 e. The lowest BCUT2D eigenvalue weighted by Crippen LogP contribution is -2.17. The van der Waals surface area contributed by atoms with E-state index in [-0.39, 0.29) is 5.91 Å². The van der Waals surface area contributed by atoms with Crippen LogP contribution in [0.5, 0.6) is 0 Å². The van der Waals surface area contributed by atoms with E-state index in [0.29, 0.717) is 28.7 Å². The van der Waals surface area contributed by atoms with Crippen molar-refractivity contribution in [1.29, 1.82) is 0 Å². The molecule has 104 valence electrons. The van der Waals surface area contributed by atoms with E-state index in [1.807, 2.05) is 0 Å². The van der Waals surface area contributed by atoms with Gasteiger partial charge in [0.1, 0.15) is 0 Å². The molecule has 0 aromatic heterocycles. The van der Waals surface area contributed by atoms with Crippen molar-refractivity contribution < 1.29 is 4.79 Å². The van der Waals surface area contributed by atoms with Gasteiger partial charge >= 0.3 is 0 Å². The molecule has 1 saturated carbocycles. The second-order valence-corrected chi connectivity index (χ2v) is 5.78. The summed E-state index contributed by atoms with van der Waals surface area (Å²) in [5.41, 5.74) is 7.00. The molecular weight excluding hydrogens is 260 g/mol. The number of nitrogens with one attached hydrogen (secondary N) is 1. The summed E-state index contributed by atoms with van der Waals surface area (Å²) in [5.74, 6) is 0.581. The fourth-order valence-corrected chi connectivity index (χ4v) is 2.86. The Morgan fingerprint density at radius 1 is 1.26 bits per heavy atom. The van der Waals surface area contributed by atoms with Crippen LogP contribution in [-0.4, -0.2) is 5.91 Å². The van der Waals surface area contributed by atoms with Gasteiger partial charge in [0, 0.05) is 11.4 Å². The monoisotopic (exact) mass is 280 g/mol. The minimum Gasteiger partial charge on any atom is -0.397 e. The van der Waals surface area contributed by atoms with Crippen LogP contribution < -0.4 is 11.1 Å². The number of hydrogen-bond acceptors (Lipinski definition) is 2. The molecule has 1 aromatic carbocycles. The summed E-state index contributed by atoms with van der Waals surface area (Å²) in [7, 11) is 0. The van der Waals surface area contributed by atoms with Gasteiger partial charge in [0.25, 0.3) is 0 Å². The van der Waals surface area contributed by atoms with Crippen LogP contribution in [0.1, 0.15) is 44.9 Å². The van der Waals surface area contributed by atoms with Crippen LogP contribution in [0, 0.1) is 5.92 Å². The van der Waals surface area contributed by atoms with Gasteiger partial charge in [-0.1, -0.05) is 37.3 Å². The number of anilines is 2. The van der Waals surface area contributed by atoms with E-state index in [0.717, 1.165) is 0 Å². The standard InChI is InChI=1S/C15H21ClN2O/c16-12-7-8-14(13(17)10-12)18-15(19)9-11-5-3-1-2-4-6-11/h7-8,10-11H,1-6,9,17H2,(H,18,19). The van der Waals surface area contributed by atoms with Crippen LogP contribution in [-0.2, 0) is 4.79 Å². The van der Waals surface area contributed by atoms with E-state index in [1.54, 1.807) is 18.2 Å². The molecule has 1 aromatic rings. The first-order valence-corrected chi connectivity index (χ1v) is 7.38. The number of carbonyl (C=O) groups is 1. The number of rotatable bonds is 3. The lowest BCUT2D eigenvalue weighted by molar-refractivity contribution is -0.117. The molecule has 0 aliphatic heterocycles. The van der Waals surface area contributed by atoms with Crippen LogP contribution >= 0.6 is 11.6 Å². The molecule has 3 nitrogen and oxygen atoms in total. The van der Waals surface area contributed by atoms with Gasteiger partial charge in [0.2, 0.25) is 5.91 Å². The summed E-state index contributed by atoms with van der Waals surface area (Å²) in [6, 6.07) is 5.14. The number of amides is 1. The minimum atomic E-state index is 0.0564. The molecule has 0 saturated heterocycles. The average Bonchev–Trinajstić information content (AvgIpc) is 2.61. The second kappa shape index (κ2) is 6.80. The number of nitrogen functional groups attached to an aromatic ring is 1. The predicted molar refractivity (Wildman–Crippen MR) is 80.3 cm³/mol. The molecule has 0 radical (unpaired) electrons. The number of nitrogens with two attached hydrogens (primary N) is 1. The summed E-state index contributed by atoms with van der Waals surface area (Å²) in [5, 5.41) is 3.47. The fourth-order valence-electron chi connectivity index (χ4n) is 2.68. The summed E-state index contributed by atoms with van der Waals surface area (Å²) < 4.78 is 0. The van der Waals surface area contributed by atoms with Gasteiger partial charge in [-0.15, -0.1) is 0 Å². The van der Waals surface area contributed by atoms with Crippen molar-refractivity contribution in [3.8, 4) is 0 Å². The molecule has 1 aliphatic carbocycles. The van der Waals surface area contributed by atoms with E-state index in [2.05, 4.69) is 5.32 Å². The predicted octanol–water partition coefficient (Wildman–Crippen LogP) is 4.22. The van der Waals surface area contributed by atoms with E-state index >= 15 is 0 Å². The van der Waals surface area contributed by atoms with Gasteiger partial charge in [-0.2, -0.15) is 0 Å². The van der Waals surface area contributed by atoms with Crippen molar-refractivity contribution in [1.82, 2.24) is 0 Å². The molecule has 0 atom stereocenters. The van der Waals surface area contributed by atoms with Crippen molar-refractivity contribution in [2.24, 2.45) is 5.92 Å². The molecule has 0 bridgehead atoms. The summed E-state index contributed by atoms with van der Waals surface area (Å²) in [6.45, 7) is 0. The maximum atomic E-state index is 12.0. The summed E-state index contributed by atoms with van der Waals surface area (Å²) in [6.07, 6.45) is 8.06. The minimum absolute atomic E-state index is 0.0564. The molecule has 0 spiro atoms. The van der Waals surface area contributed by atoms with Gasteiger partial charge in [0.05, 0.1) is 11.4 Å². The largest absolute Gasteiger partial charge is 0.397 e. The number of carbonyl (C=O) groups excluding carboxylic acids is 1. The Balaban J connectivity index is 1.89. The highest BCUT2D eigenvalue weighted by molar-refractivity contribution is 6.31. The lowest BCUT2D eigenvalue weighted by atomic mass is 9.96. The molecule has 19 heavy (non-hydrogen) atoms. The molecule has 1 amide bonds. The third-order valence-electron chi connectivity index (χ3n) is 3.74. The average molecular weight is 281 g/mol. The highest BCUT2D eigenvalue weighted by atomic mass is 35.5. The Bertz CT molecular complexity index is 440. The molecule has 0 unspecified atom stereocenters. The van der Waals surface area contributed by atoms with Gasteiger partial charge in [0.15, 0.2) is 0 Å². The van der Waals surface area contributed by atoms with Crippen LogP contribution in [0.4, 0.5) is 11.4 Å². The first-order valence-electron chi connectivity index (χ1n) is 7.00. The van der Waals surface area contributed by atoms with Crippen LogP contribution in [0.2, 0.25) is 5.02 Å². The molecular formula is C15H21ClN2O. The van der Waals surface area contributed by atoms with Crippen LogP contribution in [0.3, 0.4) is 0 Å². The number of benzene rings is 1. The number of halogens is 1. The zero-order valence-electron chi connectivity index (χ0n) is 11.1. The number of hydrogen-bond donors (Lipinski definition) is 2. The Kier molecular flexibility index (Phi) is 5.08. The van der Waals surface area contributed by atoms with Crippen molar-refractivity contribution in [3.05, 3.63) is 23.2 Å². The van der Waals surface area contributed by atoms with E-state index in [4.69, 9.17) is 17.3 Å². The summed E-state index contributed by atoms with van der Waals surface area (Å²) >= 11 is 5.83. The molecule has 0 heterocycles. The molecule has 1 fully saturated rings. The normalized spacial score (nSPS) is 16.9. The highest BCUT2D eigenvalue weighted by Crippen LogP contribution is 2.27. The molecule has 3 N–H and O–H groups in total. The van der Waals surface area contributed by atoms with Crippen molar-refractivity contribution in [3.63, 3.8) is 0 Å². The second-order valence-electron chi connectivity index (χ2n) is 5.34. The lowest BCUT2D eigenvalue weighted by Gasteiger charge is -2.14. The van der Waals surface area contributed by atoms with E-state index in [1.165, 1.54) is 38.5 Å². The molecule has 4 heteroatoms. The van der Waals surface area contributed by atoms with Gasteiger partial charge < -0.3 is 11.1 Å². The Morgan fingerprint density at radius 2 is 1.95 bits per heavy atom. The highest BCUT2D eigenvalue weighted by Gasteiger charge is 2.16. The fraction of sp³-hybridized carbons (Fsp3) is 0.533. The molecule has 2 rings (SSSR count). The van der Waals surface area contributed by atoms with Gasteiger partial charge in [-0.05, 0) is 37.0 Å². The van der Waals surface area contributed by atoms with Crippen LogP contribution in [0.15, 0.2) is 18.2 Å². The van der Waals surface area contributed by atoms with Crippen molar-refractivity contribution >= 4 is 28.9 Å². The topological polar surface area (TPSA) is 55.1 Å². The SMILES string of the molecule is Nc1cc(Cl)ccc1NC(=O)CC1CCCCCC1. The third-order valence-corrected chi connectivity index (χ3v) is 3.97. The zero-order valence-corrected chi connectivity index (χ0v) is 11.9. The van der Waals surface area contributed by atoms with Gasteiger partial charge in [-0.3, -0.25) is 4.79 Å². The van der Waals surface area contributed by atoms with E-state index in [9.17, 15) is 4.79 Å². The van der Waals surface area contributed by atoms with E-state index < -0.39 is 0 Å². The maximum absolute atomic E-state index is 12.0. The van der Waals surface area contributed by atoms with Crippen molar-refractivity contribution in [2.75, 3.05) is 11.1 Å². The Hall–Kier alpha value is -1.22. The Morgan fingerprint density at radius 3 is 2.58 bits per heavy atom. The first-order chi connectivity index (χ1) is 9.15. The quantitative estimate of drug-likeness (QED) is 0.643. The molecule has 1 aliphatic rings. The van der Waals surface area contributed by atoms with Crippen LogP contribution in [0.25, 0.3) is 0 Å². The maximum Gasteiger partial charge on any atom is 0.224 e. The first kappa shape index (κ1) is 14.2.